The summed E-state index contributed by atoms with van der Waals surface area (Å²) in [5, 5.41) is 9.26. The lowest BCUT2D eigenvalue weighted by molar-refractivity contribution is 0.0966. The lowest BCUT2D eigenvalue weighted by Crippen LogP contribution is -2.13. The number of hydrogen-bond donors (Lipinski definition) is 3. The van der Waals surface area contributed by atoms with Crippen LogP contribution in [0.2, 0.25) is 0 Å². The Bertz CT molecular complexity index is 1280. The molecule has 1 aliphatic rings. The number of anilines is 2. The first-order valence-corrected chi connectivity index (χ1v) is 9.58. The summed E-state index contributed by atoms with van der Waals surface area (Å²) in [7, 11) is 1.87. The highest BCUT2D eigenvalue weighted by molar-refractivity contribution is 6.06. The van der Waals surface area contributed by atoms with Crippen molar-refractivity contribution in [2.24, 2.45) is 0 Å². The molecular weight excluding hydrogens is 383 g/mol. The molecule has 30 heavy (non-hydrogen) atoms. The van der Waals surface area contributed by atoms with E-state index in [1.165, 1.54) is 12.1 Å². The number of aromatic nitrogens is 3. The van der Waals surface area contributed by atoms with Crippen LogP contribution in [0.15, 0.2) is 54.9 Å². The zero-order chi connectivity index (χ0) is 20.7. The second kappa shape index (κ2) is 7.23. The van der Waals surface area contributed by atoms with Gasteiger partial charge in [0.05, 0.1) is 28.8 Å². The molecule has 0 radical (unpaired) electrons. The van der Waals surface area contributed by atoms with Gasteiger partial charge in [0.1, 0.15) is 17.3 Å². The van der Waals surface area contributed by atoms with Gasteiger partial charge in [0.2, 0.25) is 0 Å². The van der Waals surface area contributed by atoms with Crippen LogP contribution in [0.5, 0.6) is 0 Å². The first-order valence-electron chi connectivity index (χ1n) is 9.58. The van der Waals surface area contributed by atoms with Crippen molar-refractivity contribution in [2.45, 2.75) is 13.1 Å². The summed E-state index contributed by atoms with van der Waals surface area (Å²) in [5.74, 6) is 0.192. The van der Waals surface area contributed by atoms with E-state index >= 15 is 0 Å². The van der Waals surface area contributed by atoms with Gasteiger partial charge in [-0.15, -0.1) is 0 Å². The van der Waals surface area contributed by atoms with Gasteiger partial charge in [-0.3, -0.25) is 9.20 Å². The largest absolute Gasteiger partial charge is 0.348 e. The molecule has 1 aromatic carbocycles. The molecule has 0 spiro atoms. The summed E-state index contributed by atoms with van der Waals surface area (Å²) in [5.41, 5.74) is 5.26. The maximum Gasteiger partial charge on any atom is 0.254 e. The number of pyridine rings is 2. The molecule has 0 atom stereocenters. The van der Waals surface area contributed by atoms with Crippen molar-refractivity contribution in [3.8, 4) is 11.3 Å². The third-order valence-corrected chi connectivity index (χ3v) is 5.14. The molecule has 1 aliphatic heterocycles. The number of carbonyl (C=O) groups excluding carboxylic acids is 1. The highest BCUT2D eigenvalue weighted by Crippen LogP contribution is 2.35. The monoisotopic (exact) mass is 402 g/mol. The maximum atomic E-state index is 13.5. The van der Waals surface area contributed by atoms with Gasteiger partial charge < -0.3 is 16.0 Å². The Balaban J connectivity index is 1.58. The van der Waals surface area contributed by atoms with Crippen molar-refractivity contribution in [3.05, 3.63) is 77.5 Å². The van der Waals surface area contributed by atoms with Crippen LogP contribution in [-0.4, -0.2) is 27.3 Å². The number of imidazole rings is 1. The maximum absolute atomic E-state index is 13.5. The molecule has 3 N–H and O–H groups in total. The van der Waals surface area contributed by atoms with E-state index in [1.54, 1.807) is 12.4 Å². The average molecular weight is 402 g/mol. The molecule has 0 saturated heterocycles. The van der Waals surface area contributed by atoms with E-state index in [0.717, 1.165) is 22.5 Å². The molecule has 0 fully saturated rings. The van der Waals surface area contributed by atoms with Crippen molar-refractivity contribution in [3.63, 3.8) is 0 Å². The fraction of sp³-hybridized carbons (Fsp3) is 0.136. The van der Waals surface area contributed by atoms with Crippen molar-refractivity contribution in [1.82, 2.24) is 25.0 Å². The number of nitrogens with one attached hydrogen (secondary N) is 3. The van der Waals surface area contributed by atoms with E-state index in [1.807, 2.05) is 41.8 Å². The summed E-state index contributed by atoms with van der Waals surface area (Å²) in [6.45, 7) is 1.07. The van der Waals surface area contributed by atoms with E-state index < -0.39 is 0 Å². The number of fused-ring (bicyclic) bond motifs is 2. The Labute approximate surface area is 172 Å². The summed E-state index contributed by atoms with van der Waals surface area (Å²) in [4.78, 5) is 21.5. The molecule has 0 unspecified atom stereocenters. The molecule has 4 heterocycles. The fourth-order valence-corrected chi connectivity index (χ4v) is 3.81. The second-order valence-corrected chi connectivity index (χ2v) is 7.08. The molecule has 150 valence electrons. The summed E-state index contributed by atoms with van der Waals surface area (Å²) in [6, 6.07) is 12.3. The highest BCUT2D eigenvalue weighted by atomic mass is 19.1. The number of amides is 1. The second-order valence-electron chi connectivity index (χ2n) is 7.08. The Morgan fingerprint density at radius 1 is 1.23 bits per heavy atom. The predicted octanol–water partition coefficient (Wildman–Crippen LogP) is 3.24. The fourth-order valence-electron chi connectivity index (χ4n) is 3.81. The highest BCUT2D eigenvalue weighted by Gasteiger charge is 2.27. The van der Waals surface area contributed by atoms with E-state index in [4.69, 9.17) is 0 Å². The number of rotatable bonds is 5. The van der Waals surface area contributed by atoms with Gasteiger partial charge in [-0.05, 0) is 36.9 Å². The van der Waals surface area contributed by atoms with E-state index in [2.05, 4.69) is 25.9 Å². The van der Waals surface area contributed by atoms with Crippen molar-refractivity contribution in [2.75, 3.05) is 12.4 Å². The molecule has 4 aromatic rings. The van der Waals surface area contributed by atoms with Gasteiger partial charge in [0, 0.05) is 30.9 Å². The van der Waals surface area contributed by atoms with Gasteiger partial charge in [0.25, 0.3) is 5.91 Å². The molecule has 0 aliphatic carbocycles. The predicted molar refractivity (Wildman–Crippen MR) is 112 cm³/mol. The minimum atomic E-state index is -0.339. The summed E-state index contributed by atoms with van der Waals surface area (Å²) < 4.78 is 15.3. The lowest BCUT2D eigenvalue weighted by Gasteiger charge is -2.13. The van der Waals surface area contributed by atoms with Crippen molar-refractivity contribution in [1.29, 1.82) is 0 Å². The van der Waals surface area contributed by atoms with Crippen molar-refractivity contribution >= 4 is 23.1 Å². The third-order valence-electron chi connectivity index (χ3n) is 5.14. The summed E-state index contributed by atoms with van der Waals surface area (Å²) in [6.07, 6.45) is 3.34. The summed E-state index contributed by atoms with van der Waals surface area (Å²) >= 11 is 0. The molecular formula is C22H19FN6O. The quantitative estimate of drug-likeness (QED) is 0.477. The van der Waals surface area contributed by atoms with Crippen LogP contribution in [0.1, 0.15) is 21.6 Å². The normalized spacial score (nSPS) is 12.8. The van der Waals surface area contributed by atoms with E-state index in [-0.39, 0.29) is 11.7 Å². The zero-order valence-corrected chi connectivity index (χ0v) is 16.2. The van der Waals surface area contributed by atoms with Gasteiger partial charge in [-0.25, -0.2) is 14.4 Å². The van der Waals surface area contributed by atoms with Crippen molar-refractivity contribution < 1.29 is 9.18 Å². The van der Waals surface area contributed by atoms with Crippen LogP contribution >= 0.6 is 0 Å². The van der Waals surface area contributed by atoms with Gasteiger partial charge in [-0.1, -0.05) is 12.1 Å². The topological polar surface area (TPSA) is 83.3 Å². The third kappa shape index (κ3) is 3.07. The molecule has 8 heteroatoms. The first-order chi connectivity index (χ1) is 14.6. The van der Waals surface area contributed by atoms with Crippen LogP contribution in [0.25, 0.3) is 16.9 Å². The Morgan fingerprint density at radius 2 is 2.13 bits per heavy atom. The van der Waals surface area contributed by atoms with Crippen LogP contribution < -0.4 is 16.0 Å². The minimum absolute atomic E-state index is 0.138. The average Bonchev–Trinajstić information content (AvgIpc) is 3.33. The molecule has 0 bridgehead atoms. The zero-order valence-electron chi connectivity index (χ0n) is 16.2. The van der Waals surface area contributed by atoms with Crippen LogP contribution in [-0.2, 0) is 13.1 Å². The smallest absolute Gasteiger partial charge is 0.254 e. The molecule has 0 saturated carbocycles. The SMILES string of the molecule is CNCc1cccc(Nc2ccc(-c3cnc4cc(F)ccn34)c3c2C(=O)NC3)n1. The Kier molecular flexibility index (Phi) is 4.40. The lowest BCUT2D eigenvalue weighted by atomic mass is 9.99. The molecule has 1 amide bonds. The van der Waals surface area contributed by atoms with Gasteiger partial charge >= 0.3 is 0 Å². The first kappa shape index (κ1) is 18.3. The molecule has 5 rings (SSSR count). The van der Waals surface area contributed by atoms with Gasteiger partial charge in [0.15, 0.2) is 0 Å². The van der Waals surface area contributed by atoms with Crippen LogP contribution in [0.4, 0.5) is 15.9 Å². The van der Waals surface area contributed by atoms with Crippen LogP contribution in [0.3, 0.4) is 0 Å². The number of halogens is 1. The standard InChI is InChI=1S/C22H19FN6O/c1-24-10-14-3-2-4-19(27-14)28-17-6-5-15(16-11-26-22(30)21(16)17)18-12-25-20-9-13(23)7-8-29(18)20/h2-9,12,24H,10-11H2,1H3,(H,26,30)(H,27,28). The van der Waals surface area contributed by atoms with E-state index in [0.29, 0.717) is 35.8 Å². The number of hydrogen-bond acceptors (Lipinski definition) is 5. The minimum Gasteiger partial charge on any atom is -0.348 e. The number of nitrogens with zero attached hydrogens (tertiary/aromatic N) is 3. The van der Waals surface area contributed by atoms with Crippen LogP contribution in [0, 0.1) is 5.82 Å². The Hall–Kier alpha value is -3.78. The number of benzene rings is 1. The number of carbonyl (C=O) groups is 1. The molecule has 7 nitrogen and oxygen atoms in total. The van der Waals surface area contributed by atoms with E-state index in [9.17, 15) is 9.18 Å². The Morgan fingerprint density at radius 3 is 3.00 bits per heavy atom. The van der Waals surface area contributed by atoms with Gasteiger partial charge in [-0.2, -0.15) is 0 Å². The molecule has 3 aromatic heterocycles.